The summed E-state index contributed by atoms with van der Waals surface area (Å²) in [5.74, 6) is 0. The van der Waals surface area contributed by atoms with Gasteiger partial charge in [-0.3, -0.25) is 0 Å². The molecule has 0 radical (unpaired) electrons. The quantitative estimate of drug-likeness (QED) is 0.616. The first-order valence-electron chi connectivity index (χ1n) is 8.18. The minimum absolute atomic E-state index is 0.115. The number of rotatable bonds is 8. The van der Waals surface area contributed by atoms with Crippen molar-refractivity contribution in [1.82, 2.24) is 0 Å². The van der Waals surface area contributed by atoms with Gasteiger partial charge in [-0.15, -0.1) is 0 Å². The molecule has 2 nitrogen and oxygen atoms in total. The molecule has 0 N–H and O–H groups in total. The monoisotopic (exact) mass is 302 g/mol. The number of hydrogen-bond acceptors (Lipinski definition) is 2. The van der Waals surface area contributed by atoms with Gasteiger partial charge in [-0.05, 0) is 36.8 Å². The Morgan fingerprint density at radius 1 is 0.652 bits per heavy atom. The van der Waals surface area contributed by atoms with Crippen LogP contribution in [0.15, 0.2) is 60.7 Å². The molecule has 2 aromatic carbocycles. The average molecular weight is 302 g/mol. The highest BCUT2D eigenvalue weighted by molar-refractivity contribution is 5.39. The molecule has 0 saturated carbocycles. The van der Waals surface area contributed by atoms with Crippen LogP contribution in [0.1, 0.15) is 49.7 Å². The van der Waals surface area contributed by atoms with Gasteiger partial charge in [-0.25, -0.2) is 0 Å². The summed E-state index contributed by atoms with van der Waals surface area (Å²) in [6.45, 7) is 0. The Bertz CT molecular complexity index is 601. The Labute approximate surface area is 139 Å². The first kappa shape index (κ1) is 16.8. The van der Waals surface area contributed by atoms with Gasteiger partial charge in [-0.1, -0.05) is 60.7 Å². The highest BCUT2D eigenvalue weighted by Gasteiger charge is 2.33. The molecule has 0 spiro atoms. The van der Waals surface area contributed by atoms with E-state index in [1.807, 2.05) is 12.1 Å². The number of nitriles is 2. The maximum absolute atomic E-state index is 8.93. The molecule has 2 aromatic rings. The van der Waals surface area contributed by atoms with Crippen LogP contribution in [0.4, 0.5) is 0 Å². The molecule has 0 aliphatic rings. The van der Waals surface area contributed by atoms with Crippen molar-refractivity contribution >= 4 is 0 Å². The second-order valence-corrected chi connectivity index (χ2v) is 5.84. The van der Waals surface area contributed by atoms with Gasteiger partial charge in [0.05, 0.1) is 12.1 Å². The fraction of sp³-hybridized carbons (Fsp3) is 0.333. The second-order valence-electron chi connectivity index (χ2n) is 5.84. The van der Waals surface area contributed by atoms with E-state index >= 15 is 0 Å². The van der Waals surface area contributed by atoms with Crippen molar-refractivity contribution in [2.45, 2.75) is 43.9 Å². The van der Waals surface area contributed by atoms with E-state index in [-0.39, 0.29) is 5.41 Å². The highest BCUT2D eigenvalue weighted by atomic mass is 14.4. The number of unbranched alkanes of at least 4 members (excludes halogenated alkanes) is 2. The topological polar surface area (TPSA) is 47.6 Å². The highest BCUT2D eigenvalue weighted by Crippen LogP contribution is 2.41. The molecule has 0 amide bonds. The maximum atomic E-state index is 8.93. The van der Waals surface area contributed by atoms with Gasteiger partial charge in [0.2, 0.25) is 0 Å². The lowest BCUT2D eigenvalue weighted by Gasteiger charge is -2.35. The second kappa shape index (κ2) is 8.76. The SMILES string of the molecule is N#CCCCC(CCCC#N)(c1ccccc1)c1ccccc1. The van der Waals surface area contributed by atoms with Crippen molar-refractivity contribution in [2.24, 2.45) is 0 Å². The van der Waals surface area contributed by atoms with E-state index < -0.39 is 0 Å². The molecule has 23 heavy (non-hydrogen) atoms. The zero-order valence-electron chi connectivity index (χ0n) is 13.4. The predicted octanol–water partition coefficient (Wildman–Crippen LogP) is 5.36. The van der Waals surface area contributed by atoms with Crippen LogP contribution in [0.5, 0.6) is 0 Å². The fourth-order valence-corrected chi connectivity index (χ4v) is 3.32. The summed E-state index contributed by atoms with van der Waals surface area (Å²) in [4.78, 5) is 0. The minimum Gasteiger partial charge on any atom is -0.198 e. The van der Waals surface area contributed by atoms with E-state index in [1.54, 1.807) is 0 Å². The van der Waals surface area contributed by atoms with Crippen molar-refractivity contribution in [3.8, 4) is 12.1 Å². The van der Waals surface area contributed by atoms with Crippen LogP contribution in [0, 0.1) is 22.7 Å². The lowest BCUT2D eigenvalue weighted by Crippen LogP contribution is -2.28. The summed E-state index contributed by atoms with van der Waals surface area (Å²) in [7, 11) is 0. The van der Waals surface area contributed by atoms with E-state index in [0.29, 0.717) is 12.8 Å². The van der Waals surface area contributed by atoms with Crippen LogP contribution < -0.4 is 0 Å². The van der Waals surface area contributed by atoms with Crippen LogP contribution in [0.25, 0.3) is 0 Å². The molecule has 0 aromatic heterocycles. The molecule has 0 bridgehead atoms. The Balaban J connectivity index is 2.44. The third-order valence-corrected chi connectivity index (χ3v) is 4.44. The van der Waals surface area contributed by atoms with Gasteiger partial charge < -0.3 is 0 Å². The van der Waals surface area contributed by atoms with E-state index in [9.17, 15) is 0 Å². The minimum atomic E-state index is -0.115. The van der Waals surface area contributed by atoms with Crippen LogP contribution in [-0.4, -0.2) is 0 Å². The molecular weight excluding hydrogens is 280 g/mol. The summed E-state index contributed by atoms with van der Waals surface area (Å²) in [5.41, 5.74) is 2.44. The summed E-state index contributed by atoms with van der Waals surface area (Å²) < 4.78 is 0. The lowest BCUT2D eigenvalue weighted by atomic mass is 9.68. The summed E-state index contributed by atoms with van der Waals surface area (Å²) in [6.07, 6.45) is 4.74. The molecule has 0 heterocycles. The number of hydrogen-bond donors (Lipinski definition) is 0. The molecule has 0 fully saturated rings. The summed E-state index contributed by atoms with van der Waals surface area (Å²) in [6, 6.07) is 25.6. The fourth-order valence-electron chi connectivity index (χ4n) is 3.32. The molecule has 0 unspecified atom stereocenters. The predicted molar refractivity (Wildman–Crippen MR) is 92.6 cm³/mol. The van der Waals surface area contributed by atoms with E-state index in [2.05, 4.69) is 60.7 Å². The first-order chi connectivity index (χ1) is 11.3. The van der Waals surface area contributed by atoms with Gasteiger partial charge in [0.25, 0.3) is 0 Å². The summed E-state index contributed by atoms with van der Waals surface area (Å²) in [5, 5.41) is 17.9. The van der Waals surface area contributed by atoms with E-state index in [0.717, 1.165) is 25.7 Å². The largest absolute Gasteiger partial charge is 0.198 e. The molecule has 2 heteroatoms. The van der Waals surface area contributed by atoms with Crippen molar-refractivity contribution in [1.29, 1.82) is 10.5 Å². The Morgan fingerprint density at radius 2 is 1.04 bits per heavy atom. The van der Waals surface area contributed by atoms with Gasteiger partial charge >= 0.3 is 0 Å². The smallest absolute Gasteiger partial charge is 0.0621 e. The van der Waals surface area contributed by atoms with Crippen molar-refractivity contribution in [3.63, 3.8) is 0 Å². The zero-order valence-corrected chi connectivity index (χ0v) is 13.4. The van der Waals surface area contributed by atoms with Crippen LogP contribution in [0.2, 0.25) is 0 Å². The maximum Gasteiger partial charge on any atom is 0.0621 e. The van der Waals surface area contributed by atoms with Gasteiger partial charge in [-0.2, -0.15) is 10.5 Å². The molecular formula is C21H22N2. The molecule has 0 atom stereocenters. The third-order valence-electron chi connectivity index (χ3n) is 4.44. The first-order valence-corrected chi connectivity index (χ1v) is 8.18. The van der Waals surface area contributed by atoms with Crippen LogP contribution in [-0.2, 0) is 5.41 Å². The van der Waals surface area contributed by atoms with Crippen molar-refractivity contribution in [2.75, 3.05) is 0 Å². The van der Waals surface area contributed by atoms with E-state index in [1.165, 1.54) is 11.1 Å². The standard InChI is InChI=1S/C21H22N2/c22-17-9-7-15-21(16-8-10-18-23,19-11-3-1-4-12-19)20-13-5-2-6-14-20/h1-6,11-14H,7-10,15-16H2. The lowest BCUT2D eigenvalue weighted by molar-refractivity contribution is 0.414. The molecule has 116 valence electrons. The van der Waals surface area contributed by atoms with Crippen LogP contribution >= 0.6 is 0 Å². The van der Waals surface area contributed by atoms with Gasteiger partial charge in [0.1, 0.15) is 0 Å². The molecule has 0 saturated heterocycles. The Morgan fingerprint density at radius 3 is 1.39 bits per heavy atom. The number of benzene rings is 2. The van der Waals surface area contributed by atoms with Gasteiger partial charge in [0, 0.05) is 18.3 Å². The molecule has 2 rings (SSSR count). The van der Waals surface area contributed by atoms with Crippen molar-refractivity contribution in [3.05, 3.63) is 71.8 Å². The van der Waals surface area contributed by atoms with Crippen molar-refractivity contribution < 1.29 is 0 Å². The molecule has 0 aliphatic heterocycles. The average Bonchev–Trinajstić information content (AvgIpc) is 2.62. The normalized spacial score (nSPS) is 10.7. The van der Waals surface area contributed by atoms with Crippen LogP contribution in [0.3, 0.4) is 0 Å². The number of nitrogens with zero attached hydrogens (tertiary/aromatic N) is 2. The molecule has 0 aliphatic carbocycles. The third kappa shape index (κ3) is 4.21. The van der Waals surface area contributed by atoms with Gasteiger partial charge in [0.15, 0.2) is 0 Å². The Hall–Kier alpha value is -2.58. The van der Waals surface area contributed by atoms with E-state index in [4.69, 9.17) is 10.5 Å². The zero-order chi connectivity index (χ0) is 16.4. The Kier molecular flexibility index (Phi) is 6.40. The summed E-state index contributed by atoms with van der Waals surface area (Å²) >= 11 is 0.